The van der Waals surface area contributed by atoms with Crippen LogP contribution in [0, 0.1) is 0 Å². The molecule has 94 valence electrons. The summed E-state index contributed by atoms with van der Waals surface area (Å²) >= 11 is 0. The van der Waals surface area contributed by atoms with Crippen LogP contribution < -0.4 is 5.73 Å². The van der Waals surface area contributed by atoms with Gasteiger partial charge in [0.1, 0.15) is 0 Å². The summed E-state index contributed by atoms with van der Waals surface area (Å²) in [4.78, 5) is 17.5. The second kappa shape index (κ2) is 7.76. The highest BCUT2D eigenvalue weighted by molar-refractivity contribution is 5.71. The van der Waals surface area contributed by atoms with Crippen molar-refractivity contribution in [3.05, 3.63) is 30.1 Å². The molecule has 0 aliphatic carbocycles. The molecular weight excluding hydrogens is 218 g/mol. The summed E-state index contributed by atoms with van der Waals surface area (Å²) in [6, 6.07) is 5.71. The maximum Gasteiger partial charge on any atom is 0.320 e. The molecule has 5 heteroatoms. The molecule has 0 saturated heterocycles. The van der Waals surface area contributed by atoms with Gasteiger partial charge in [-0.05, 0) is 19.1 Å². The quantitative estimate of drug-likeness (QED) is 0.695. The molecule has 0 spiro atoms. The summed E-state index contributed by atoms with van der Waals surface area (Å²) in [5.74, 6) is -0.225. The van der Waals surface area contributed by atoms with Crippen LogP contribution in [0.2, 0.25) is 0 Å². The van der Waals surface area contributed by atoms with Crippen LogP contribution in [0.4, 0.5) is 0 Å². The number of ether oxygens (including phenoxy) is 1. The van der Waals surface area contributed by atoms with Gasteiger partial charge >= 0.3 is 5.97 Å². The van der Waals surface area contributed by atoms with Gasteiger partial charge in [0, 0.05) is 25.8 Å². The molecule has 1 aromatic heterocycles. The van der Waals surface area contributed by atoms with E-state index in [1.54, 1.807) is 13.1 Å². The summed E-state index contributed by atoms with van der Waals surface area (Å²) in [5.41, 5.74) is 6.44. The maximum atomic E-state index is 11.4. The first-order chi connectivity index (χ1) is 8.26. The summed E-state index contributed by atoms with van der Waals surface area (Å²) in [6.07, 6.45) is 1.74. The van der Waals surface area contributed by atoms with Crippen molar-refractivity contribution in [2.45, 2.75) is 13.5 Å². The summed E-state index contributed by atoms with van der Waals surface area (Å²) < 4.78 is 4.91. The average molecular weight is 237 g/mol. The van der Waals surface area contributed by atoms with E-state index in [0.29, 0.717) is 26.2 Å². The molecule has 0 amide bonds. The van der Waals surface area contributed by atoms with Crippen molar-refractivity contribution in [2.75, 3.05) is 26.2 Å². The average Bonchev–Trinajstić information content (AvgIpc) is 2.31. The zero-order valence-electron chi connectivity index (χ0n) is 10.1. The van der Waals surface area contributed by atoms with Crippen molar-refractivity contribution in [2.24, 2.45) is 5.73 Å². The number of aromatic nitrogens is 1. The smallest absolute Gasteiger partial charge is 0.320 e. The van der Waals surface area contributed by atoms with Crippen molar-refractivity contribution in [1.29, 1.82) is 0 Å². The monoisotopic (exact) mass is 237 g/mol. The molecule has 17 heavy (non-hydrogen) atoms. The van der Waals surface area contributed by atoms with E-state index >= 15 is 0 Å². The second-order valence-corrected chi connectivity index (χ2v) is 3.63. The first kappa shape index (κ1) is 13.6. The Balaban J connectivity index is 2.51. The number of nitrogens with two attached hydrogens (primary N) is 1. The Morgan fingerprint density at radius 1 is 1.53 bits per heavy atom. The highest BCUT2D eigenvalue weighted by Gasteiger charge is 2.11. The molecule has 0 aromatic carbocycles. The van der Waals surface area contributed by atoms with E-state index in [2.05, 4.69) is 4.98 Å². The minimum absolute atomic E-state index is 0.225. The third-order valence-corrected chi connectivity index (χ3v) is 2.22. The lowest BCUT2D eigenvalue weighted by Gasteiger charge is -2.19. The van der Waals surface area contributed by atoms with Crippen LogP contribution >= 0.6 is 0 Å². The second-order valence-electron chi connectivity index (χ2n) is 3.63. The number of hydrogen-bond acceptors (Lipinski definition) is 5. The number of hydrogen-bond donors (Lipinski definition) is 1. The van der Waals surface area contributed by atoms with E-state index in [4.69, 9.17) is 10.5 Å². The number of esters is 1. The highest BCUT2D eigenvalue weighted by atomic mass is 16.5. The van der Waals surface area contributed by atoms with Crippen LogP contribution in [0.3, 0.4) is 0 Å². The molecule has 0 aliphatic rings. The molecule has 0 aliphatic heterocycles. The van der Waals surface area contributed by atoms with Crippen LogP contribution in [0.25, 0.3) is 0 Å². The Labute approximate surface area is 102 Å². The van der Waals surface area contributed by atoms with E-state index in [-0.39, 0.29) is 12.5 Å². The molecule has 2 N–H and O–H groups in total. The number of carbonyl (C=O) groups excluding carboxylic acids is 1. The SMILES string of the molecule is CCOC(=O)CN(CCN)Cc1ccccn1. The largest absolute Gasteiger partial charge is 0.465 e. The van der Waals surface area contributed by atoms with E-state index in [1.165, 1.54) is 0 Å². The van der Waals surface area contributed by atoms with Crippen LogP contribution in [-0.2, 0) is 16.1 Å². The third kappa shape index (κ3) is 5.42. The summed E-state index contributed by atoms with van der Waals surface area (Å²) in [6.45, 7) is 4.21. The van der Waals surface area contributed by atoms with Gasteiger partial charge < -0.3 is 10.5 Å². The Kier molecular flexibility index (Phi) is 6.21. The minimum atomic E-state index is -0.225. The number of rotatable bonds is 7. The van der Waals surface area contributed by atoms with Gasteiger partial charge in [0.05, 0.1) is 18.8 Å². The van der Waals surface area contributed by atoms with Crippen LogP contribution in [0.15, 0.2) is 24.4 Å². The Morgan fingerprint density at radius 2 is 2.35 bits per heavy atom. The predicted molar refractivity (Wildman–Crippen MR) is 65.2 cm³/mol. The molecular formula is C12H19N3O2. The molecule has 1 rings (SSSR count). The fraction of sp³-hybridized carbons (Fsp3) is 0.500. The minimum Gasteiger partial charge on any atom is -0.465 e. The van der Waals surface area contributed by atoms with Crippen LogP contribution in [-0.4, -0.2) is 42.1 Å². The Bertz CT molecular complexity index is 330. The fourth-order valence-corrected chi connectivity index (χ4v) is 1.51. The van der Waals surface area contributed by atoms with Crippen molar-refractivity contribution < 1.29 is 9.53 Å². The van der Waals surface area contributed by atoms with Gasteiger partial charge in [-0.2, -0.15) is 0 Å². The van der Waals surface area contributed by atoms with Crippen LogP contribution in [0.5, 0.6) is 0 Å². The molecule has 0 bridgehead atoms. The Morgan fingerprint density at radius 3 is 2.94 bits per heavy atom. The van der Waals surface area contributed by atoms with Gasteiger partial charge in [-0.3, -0.25) is 14.7 Å². The van der Waals surface area contributed by atoms with Gasteiger partial charge in [0.2, 0.25) is 0 Å². The van der Waals surface area contributed by atoms with Crippen molar-refractivity contribution in [3.63, 3.8) is 0 Å². The molecule has 1 aromatic rings. The van der Waals surface area contributed by atoms with Crippen molar-refractivity contribution >= 4 is 5.97 Å². The highest BCUT2D eigenvalue weighted by Crippen LogP contribution is 2.00. The van der Waals surface area contributed by atoms with Gasteiger partial charge in [0.15, 0.2) is 0 Å². The van der Waals surface area contributed by atoms with Gasteiger partial charge in [-0.25, -0.2) is 0 Å². The normalized spacial score (nSPS) is 10.5. The first-order valence-electron chi connectivity index (χ1n) is 5.74. The fourth-order valence-electron chi connectivity index (χ4n) is 1.51. The van der Waals surface area contributed by atoms with E-state index in [0.717, 1.165) is 5.69 Å². The molecule has 5 nitrogen and oxygen atoms in total. The van der Waals surface area contributed by atoms with E-state index < -0.39 is 0 Å². The number of carbonyl (C=O) groups is 1. The lowest BCUT2D eigenvalue weighted by atomic mass is 10.3. The maximum absolute atomic E-state index is 11.4. The number of pyridine rings is 1. The van der Waals surface area contributed by atoms with Crippen molar-refractivity contribution in [3.8, 4) is 0 Å². The Hall–Kier alpha value is -1.46. The first-order valence-corrected chi connectivity index (χ1v) is 5.74. The number of nitrogens with zero attached hydrogens (tertiary/aromatic N) is 2. The van der Waals surface area contributed by atoms with E-state index in [9.17, 15) is 4.79 Å². The third-order valence-electron chi connectivity index (χ3n) is 2.22. The standard InChI is InChI=1S/C12H19N3O2/c1-2-17-12(16)10-15(8-6-13)9-11-5-3-4-7-14-11/h3-5,7H,2,6,8-10,13H2,1H3. The molecule has 0 radical (unpaired) electrons. The molecule has 0 unspecified atom stereocenters. The topological polar surface area (TPSA) is 68.5 Å². The van der Waals surface area contributed by atoms with Crippen LogP contribution in [0.1, 0.15) is 12.6 Å². The summed E-state index contributed by atoms with van der Waals surface area (Å²) in [7, 11) is 0. The lowest BCUT2D eigenvalue weighted by molar-refractivity contribution is -0.144. The van der Waals surface area contributed by atoms with Gasteiger partial charge in [-0.1, -0.05) is 6.07 Å². The molecule has 0 saturated carbocycles. The van der Waals surface area contributed by atoms with Crippen molar-refractivity contribution in [1.82, 2.24) is 9.88 Å². The van der Waals surface area contributed by atoms with Gasteiger partial charge in [-0.15, -0.1) is 0 Å². The lowest BCUT2D eigenvalue weighted by Crippen LogP contribution is -2.34. The molecule has 0 fully saturated rings. The zero-order chi connectivity index (χ0) is 12.5. The van der Waals surface area contributed by atoms with E-state index in [1.807, 2.05) is 23.1 Å². The molecule has 0 atom stereocenters. The summed E-state index contributed by atoms with van der Waals surface area (Å²) in [5, 5.41) is 0. The van der Waals surface area contributed by atoms with Gasteiger partial charge in [0.25, 0.3) is 0 Å². The predicted octanol–water partition coefficient (Wildman–Crippen LogP) is 0.405. The zero-order valence-corrected chi connectivity index (χ0v) is 10.1. The molecule has 1 heterocycles.